The second-order valence-corrected chi connectivity index (χ2v) is 5.54. The van der Waals surface area contributed by atoms with Crippen molar-refractivity contribution in [1.29, 1.82) is 0 Å². The summed E-state index contributed by atoms with van der Waals surface area (Å²) in [7, 11) is 3.39. The van der Waals surface area contributed by atoms with Gasteiger partial charge in [-0.1, -0.05) is 12.1 Å². The fourth-order valence-electron chi connectivity index (χ4n) is 2.90. The van der Waals surface area contributed by atoms with Gasteiger partial charge in [-0.05, 0) is 24.1 Å². The number of hydrogen-bond donors (Lipinski definition) is 1. The van der Waals surface area contributed by atoms with Crippen molar-refractivity contribution in [2.24, 2.45) is 7.05 Å². The molecule has 1 fully saturated rings. The molecule has 1 N–H and O–H groups in total. The molecule has 1 amide bonds. The maximum Gasteiger partial charge on any atom is 0.257 e. The summed E-state index contributed by atoms with van der Waals surface area (Å²) in [5, 5.41) is 14.1. The van der Waals surface area contributed by atoms with Crippen LogP contribution >= 0.6 is 0 Å². The predicted molar refractivity (Wildman–Crippen MR) is 80.6 cm³/mol. The van der Waals surface area contributed by atoms with E-state index in [1.54, 1.807) is 36.1 Å². The molecule has 1 saturated heterocycles. The first-order chi connectivity index (χ1) is 10.6. The van der Waals surface area contributed by atoms with E-state index in [2.05, 4.69) is 5.10 Å². The SMILES string of the molecule is COc1cccc(C2CC(O)CN2C(=O)c2cnn(C)c2)c1. The number of likely N-dealkylation sites (tertiary alicyclic amines) is 1. The van der Waals surface area contributed by atoms with Gasteiger partial charge in [-0.3, -0.25) is 9.48 Å². The van der Waals surface area contributed by atoms with E-state index in [1.165, 1.54) is 0 Å². The van der Waals surface area contributed by atoms with Gasteiger partial charge in [0.15, 0.2) is 0 Å². The van der Waals surface area contributed by atoms with Gasteiger partial charge < -0.3 is 14.7 Å². The first-order valence-electron chi connectivity index (χ1n) is 7.20. The monoisotopic (exact) mass is 301 g/mol. The molecule has 3 rings (SSSR count). The number of carbonyl (C=O) groups is 1. The van der Waals surface area contributed by atoms with Crippen LogP contribution in [0.15, 0.2) is 36.7 Å². The van der Waals surface area contributed by atoms with Crippen molar-refractivity contribution < 1.29 is 14.6 Å². The Balaban J connectivity index is 1.90. The third kappa shape index (κ3) is 2.69. The van der Waals surface area contributed by atoms with Gasteiger partial charge in [0.2, 0.25) is 0 Å². The molecule has 0 bridgehead atoms. The molecule has 1 aliphatic rings. The number of ether oxygens (including phenoxy) is 1. The van der Waals surface area contributed by atoms with Crippen molar-refractivity contribution in [2.75, 3.05) is 13.7 Å². The minimum absolute atomic E-state index is 0.113. The lowest BCUT2D eigenvalue weighted by Gasteiger charge is -2.24. The van der Waals surface area contributed by atoms with E-state index < -0.39 is 6.10 Å². The van der Waals surface area contributed by atoms with Crippen LogP contribution in [-0.4, -0.2) is 45.5 Å². The average molecular weight is 301 g/mol. The first-order valence-corrected chi connectivity index (χ1v) is 7.20. The van der Waals surface area contributed by atoms with Crippen molar-refractivity contribution in [1.82, 2.24) is 14.7 Å². The van der Waals surface area contributed by atoms with Gasteiger partial charge in [0, 0.05) is 19.8 Å². The number of aromatic nitrogens is 2. The number of rotatable bonds is 3. The average Bonchev–Trinajstić information content (AvgIpc) is 3.12. The highest BCUT2D eigenvalue weighted by Gasteiger charge is 2.36. The Hall–Kier alpha value is -2.34. The number of benzene rings is 1. The zero-order valence-corrected chi connectivity index (χ0v) is 12.6. The largest absolute Gasteiger partial charge is 0.497 e. The summed E-state index contributed by atoms with van der Waals surface area (Å²) < 4.78 is 6.84. The van der Waals surface area contributed by atoms with Crippen molar-refractivity contribution in [3.05, 3.63) is 47.8 Å². The summed E-state index contributed by atoms with van der Waals surface area (Å²) in [4.78, 5) is 14.4. The molecule has 0 aliphatic carbocycles. The van der Waals surface area contributed by atoms with Crippen LogP contribution in [0.4, 0.5) is 0 Å². The van der Waals surface area contributed by atoms with Gasteiger partial charge in [-0.25, -0.2) is 0 Å². The van der Waals surface area contributed by atoms with Crippen LogP contribution in [0, 0.1) is 0 Å². The van der Waals surface area contributed by atoms with Crippen molar-refractivity contribution in [3.8, 4) is 5.75 Å². The van der Waals surface area contributed by atoms with Gasteiger partial charge in [0.25, 0.3) is 5.91 Å². The lowest BCUT2D eigenvalue weighted by molar-refractivity contribution is 0.0715. The van der Waals surface area contributed by atoms with Gasteiger partial charge in [0.1, 0.15) is 5.75 Å². The van der Waals surface area contributed by atoms with Gasteiger partial charge in [-0.2, -0.15) is 5.10 Å². The second kappa shape index (κ2) is 5.81. The maximum absolute atomic E-state index is 12.7. The summed E-state index contributed by atoms with van der Waals surface area (Å²) in [6.07, 6.45) is 3.25. The summed E-state index contributed by atoms with van der Waals surface area (Å²) in [5.74, 6) is 0.630. The number of hydrogen-bond acceptors (Lipinski definition) is 4. The second-order valence-electron chi connectivity index (χ2n) is 5.54. The Morgan fingerprint density at radius 2 is 2.27 bits per heavy atom. The quantitative estimate of drug-likeness (QED) is 0.930. The molecule has 6 heteroatoms. The highest BCUT2D eigenvalue weighted by atomic mass is 16.5. The molecule has 2 heterocycles. The highest BCUT2D eigenvalue weighted by Crippen LogP contribution is 2.34. The Kier molecular flexibility index (Phi) is 3.85. The Bertz CT molecular complexity index is 683. The minimum atomic E-state index is -0.517. The van der Waals surface area contributed by atoms with E-state index in [0.717, 1.165) is 11.3 Å². The lowest BCUT2D eigenvalue weighted by atomic mass is 10.0. The third-order valence-corrected chi connectivity index (χ3v) is 3.97. The van der Waals surface area contributed by atoms with E-state index in [-0.39, 0.29) is 11.9 Å². The molecule has 2 unspecified atom stereocenters. The molecular weight excluding hydrogens is 282 g/mol. The molecule has 22 heavy (non-hydrogen) atoms. The Morgan fingerprint density at radius 1 is 1.45 bits per heavy atom. The van der Waals surface area contributed by atoms with Crippen LogP contribution in [0.2, 0.25) is 0 Å². The normalized spacial score (nSPS) is 21.1. The Labute approximate surface area is 128 Å². The molecule has 1 aliphatic heterocycles. The molecule has 0 saturated carbocycles. The fraction of sp³-hybridized carbons (Fsp3) is 0.375. The number of amides is 1. The molecule has 0 radical (unpaired) electrons. The van der Waals surface area contributed by atoms with Crippen LogP contribution in [0.25, 0.3) is 0 Å². The standard InChI is InChI=1S/C16H19N3O3/c1-18-9-12(8-17-18)16(21)19-10-13(20)7-15(19)11-4-3-5-14(6-11)22-2/h3-6,8-9,13,15,20H,7,10H2,1-2H3. The van der Waals surface area contributed by atoms with E-state index in [1.807, 2.05) is 24.3 Å². The zero-order valence-electron chi connectivity index (χ0n) is 12.6. The first kappa shape index (κ1) is 14.6. The zero-order chi connectivity index (χ0) is 15.7. The number of aryl methyl sites for hydroxylation is 1. The molecule has 1 aromatic heterocycles. The smallest absolute Gasteiger partial charge is 0.257 e. The van der Waals surface area contributed by atoms with Crippen LogP contribution < -0.4 is 4.74 Å². The number of β-amino-alcohol motifs (C(OH)–C–C–N with tert-alkyl or cyclic N) is 1. The summed E-state index contributed by atoms with van der Waals surface area (Å²) in [5.41, 5.74) is 1.50. The molecule has 116 valence electrons. The van der Waals surface area contributed by atoms with E-state index >= 15 is 0 Å². The Morgan fingerprint density at radius 3 is 2.95 bits per heavy atom. The van der Waals surface area contributed by atoms with Crippen LogP contribution in [0.5, 0.6) is 5.75 Å². The van der Waals surface area contributed by atoms with Crippen LogP contribution in [-0.2, 0) is 7.05 Å². The molecule has 0 spiro atoms. The number of carbonyl (C=O) groups excluding carboxylic acids is 1. The lowest BCUT2D eigenvalue weighted by Crippen LogP contribution is -2.31. The topological polar surface area (TPSA) is 67.6 Å². The summed E-state index contributed by atoms with van der Waals surface area (Å²) in [6, 6.07) is 7.46. The minimum Gasteiger partial charge on any atom is -0.497 e. The molecule has 2 atom stereocenters. The highest BCUT2D eigenvalue weighted by molar-refractivity contribution is 5.94. The van der Waals surface area contributed by atoms with Gasteiger partial charge in [-0.15, -0.1) is 0 Å². The van der Waals surface area contributed by atoms with E-state index in [9.17, 15) is 9.90 Å². The van der Waals surface area contributed by atoms with Crippen LogP contribution in [0.1, 0.15) is 28.4 Å². The molecule has 2 aromatic rings. The molecular formula is C16H19N3O3. The van der Waals surface area contributed by atoms with Crippen LogP contribution in [0.3, 0.4) is 0 Å². The van der Waals surface area contributed by atoms with Gasteiger partial charge in [0.05, 0.1) is 31.0 Å². The number of nitrogens with zero attached hydrogens (tertiary/aromatic N) is 3. The van der Waals surface area contributed by atoms with E-state index in [0.29, 0.717) is 18.5 Å². The number of aliphatic hydroxyl groups excluding tert-OH is 1. The number of aliphatic hydroxyl groups is 1. The predicted octanol–water partition coefficient (Wildman–Crippen LogP) is 1.38. The third-order valence-electron chi connectivity index (χ3n) is 3.97. The molecule has 6 nitrogen and oxygen atoms in total. The summed E-state index contributed by atoms with van der Waals surface area (Å²) in [6.45, 7) is 0.329. The van der Waals surface area contributed by atoms with Crippen molar-refractivity contribution in [2.45, 2.75) is 18.6 Å². The van der Waals surface area contributed by atoms with Gasteiger partial charge >= 0.3 is 0 Å². The maximum atomic E-state index is 12.7. The van der Waals surface area contributed by atoms with E-state index in [4.69, 9.17) is 4.74 Å². The van der Waals surface area contributed by atoms with Crippen molar-refractivity contribution >= 4 is 5.91 Å². The fourth-order valence-corrected chi connectivity index (χ4v) is 2.90. The van der Waals surface area contributed by atoms with Crippen molar-refractivity contribution in [3.63, 3.8) is 0 Å². The number of methoxy groups -OCH3 is 1. The molecule has 1 aromatic carbocycles. The summed E-state index contributed by atoms with van der Waals surface area (Å²) >= 11 is 0.